The molecule has 0 aliphatic carbocycles. The van der Waals surface area contributed by atoms with Gasteiger partial charge in [0, 0.05) is 24.4 Å². The van der Waals surface area contributed by atoms with Crippen LogP contribution in [-0.4, -0.2) is 10.8 Å². The summed E-state index contributed by atoms with van der Waals surface area (Å²) in [6, 6.07) is 10.3. The van der Waals surface area contributed by atoms with Gasteiger partial charge in [0.1, 0.15) is 5.78 Å². The summed E-state index contributed by atoms with van der Waals surface area (Å²) < 4.78 is 0. The first kappa shape index (κ1) is 11.8. The van der Waals surface area contributed by atoms with Crippen molar-refractivity contribution in [2.45, 2.75) is 32.6 Å². The van der Waals surface area contributed by atoms with E-state index < -0.39 is 0 Å². The van der Waals surface area contributed by atoms with Gasteiger partial charge in [-0.05, 0) is 24.5 Å². The normalized spacial score (nSPS) is 10.6. The van der Waals surface area contributed by atoms with Crippen LogP contribution in [0.5, 0.6) is 0 Å². The molecular weight excluding hydrogens is 210 g/mol. The summed E-state index contributed by atoms with van der Waals surface area (Å²) in [4.78, 5) is 15.7. The number of para-hydroxylation sites is 1. The zero-order valence-electron chi connectivity index (χ0n) is 10.1. The fourth-order valence-corrected chi connectivity index (χ4v) is 2.02. The molecule has 88 valence electrons. The number of rotatable bonds is 5. The second-order valence-electron chi connectivity index (χ2n) is 4.24. The van der Waals surface area contributed by atoms with E-state index in [0.717, 1.165) is 18.4 Å². The molecule has 1 aromatic carbocycles. The predicted molar refractivity (Wildman–Crippen MR) is 70.0 cm³/mol. The number of carbonyl (C=O) groups excluding carboxylic acids is 1. The molecule has 2 aromatic rings. The Morgan fingerprint density at radius 3 is 2.88 bits per heavy atom. The molecule has 0 aliphatic heterocycles. The summed E-state index contributed by atoms with van der Waals surface area (Å²) in [5.41, 5.74) is 2.31. The number of pyridine rings is 1. The Balaban J connectivity index is 2.11. The first-order valence-electron chi connectivity index (χ1n) is 6.15. The smallest absolute Gasteiger partial charge is 0.132 e. The van der Waals surface area contributed by atoms with Crippen molar-refractivity contribution in [3.8, 4) is 0 Å². The Morgan fingerprint density at radius 1 is 1.24 bits per heavy atom. The minimum atomic E-state index is 0.346. The Bertz CT molecular complexity index is 514. The largest absolute Gasteiger partial charge is 0.300 e. The lowest BCUT2D eigenvalue weighted by Crippen LogP contribution is -1.97. The van der Waals surface area contributed by atoms with Crippen LogP contribution in [0.1, 0.15) is 31.7 Å². The zero-order valence-corrected chi connectivity index (χ0v) is 10.1. The van der Waals surface area contributed by atoms with Crippen molar-refractivity contribution in [3.05, 3.63) is 42.1 Å². The topological polar surface area (TPSA) is 30.0 Å². The van der Waals surface area contributed by atoms with E-state index in [0.29, 0.717) is 18.6 Å². The van der Waals surface area contributed by atoms with Gasteiger partial charge < -0.3 is 0 Å². The number of ketones is 1. The van der Waals surface area contributed by atoms with E-state index in [-0.39, 0.29) is 0 Å². The van der Waals surface area contributed by atoms with E-state index in [1.54, 1.807) is 0 Å². The van der Waals surface area contributed by atoms with E-state index >= 15 is 0 Å². The van der Waals surface area contributed by atoms with Crippen LogP contribution in [-0.2, 0) is 11.2 Å². The molecule has 1 heterocycles. The number of Topliss-reactive ketones (excluding diaryl/α,β-unsaturated/α-hetero) is 1. The highest BCUT2D eigenvalue weighted by Gasteiger charge is 2.03. The lowest BCUT2D eigenvalue weighted by molar-refractivity contribution is -0.118. The van der Waals surface area contributed by atoms with Gasteiger partial charge in [-0.2, -0.15) is 0 Å². The van der Waals surface area contributed by atoms with Gasteiger partial charge in [-0.3, -0.25) is 9.78 Å². The minimum Gasteiger partial charge on any atom is -0.300 e. The van der Waals surface area contributed by atoms with Crippen LogP contribution in [0.15, 0.2) is 36.5 Å². The second kappa shape index (κ2) is 5.58. The van der Waals surface area contributed by atoms with Crippen LogP contribution in [0.2, 0.25) is 0 Å². The first-order chi connectivity index (χ1) is 8.31. The van der Waals surface area contributed by atoms with Crippen molar-refractivity contribution < 1.29 is 4.79 Å². The molecular formula is C15H17NO. The highest BCUT2D eigenvalue weighted by Crippen LogP contribution is 2.17. The molecule has 0 fully saturated rings. The van der Waals surface area contributed by atoms with E-state index in [1.807, 2.05) is 19.2 Å². The van der Waals surface area contributed by atoms with Crippen LogP contribution >= 0.6 is 0 Å². The van der Waals surface area contributed by atoms with E-state index in [9.17, 15) is 4.79 Å². The quantitative estimate of drug-likeness (QED) is 0.782. The summed E-state index contributed by atoms with van der Waals surface area (Å²) in [5.74, 6) is 0.346. The zero-order chi connectivity index (χ0) is 12.1. The summed E-state index contributed by atoms with van der Waals surface area (Å²) in [7, 11) is 0. The number of hydrogen-bond donors (Lipinski definition) is 0. The number of aromatic nitrogens is 1. The lowest BCUT2D eigenvalue weighted by Gasteiger charge is -2.04. The highest BCUT2D eigenvalue weighted by molar-refractivity contribution is 5.81. The van der Waals surface area contributed by atoms with Crippen molar-refractivity contribution >= 4 is 16.7 Å². The molecule has 0 atom stereocenters. The van der Waals surface area contributed by atoms with Crippen LogP contribution in [0, 0.1) is 0 Å². The lowest BCUT2D eigenvalue weighted by atomic mass is 10.0. The third-order valence-electron chi connectivity index (χ3n) is 3.01. The molecule has 0 saturated heterocycles. The summed E-state index contributed by atoms with van der Waals surface area (Å²) >= 11 is 0. The Kier molecular flexibility index (Phi) is 3.86. The van der Waals surface area contributed by atoms with Crippen LogP contribution in [0.4, 0.5) is 0 Å². The standard InChI is InChI=1S/C15H17NO/c1-2-14(17)10-4-8-12-6-3-7-13-9-5-11-16-15(12)13/h3,5-7,9,11H,2,4,8,10H2,1H3. The van der Waals surface area contributed by atoms with Gasteiger partial charge in [-0.1, -0.05) is 31.2 Å². The average molecular weight is 227 g/mol. The van der Waals surface area contributed by atoms with Crippen molar-refractivity contribution in [2.75, 3.05) is 0 Å². The summed E-state index contributed by atoms with van der Waals surface area (Å²) in [6.07, 6.45) is 5.00. The Hall–Kier alpha value is -1.70. The molecule has 0 saturated carbocycles. The van der Waals surface area contributed by atoms with Gasteiger partial charge in [-0.25, -0.2) is 0 Å². The number of fused-ring (bicyclic) bond motifs is 1. The second-order valence-corrected chi connectivity index (χ2v) is 4.24. The van der Waals surface area contributed by atoms with E-state index in [1.165, 1.54) is 10.9 Å². The maximum absolute atomic E-state index is 11.2. The molecule has 0 bridgehead atoms. The minimum absolute atomic E-state index is 0.346. The molecule has 0 radical (unpaired) electrons. The summed E-state index contributed by atoms with van der Waals surface area (Å²) in [6.45, 7) is 1.92. The number of benzene rings is 1. The maximum Gasteiger partial charge on any atom is 0.132 e. The van der Waals surface area contributed by atoms with Gasteiger partial charge in [0.2, 0.25) is 0 Å². The molecule has 0 aliphatic rings. The van der Waals surface area contributed by atoms with Crippen molar-refractivity contribution in [2.24, 2.45) is 0 Å². The van der Waals surface area contributed by atoms with Crippen molar-refractivity contribution in [1.29, 1.82) is 0 Å². The van der Waals surface area contributed by atoms with Gasteiger partial charge in [0.05, 0.1) is 5.52 Å². The van der Waals surface area contributed by atoms with Crippen molar-refractivity contribution in [1.82, 2.24) is 4.98 Å². The van der Waals surface area contributed by atoms with Gasteiger partial charge >= 0.3 is 0 Å². The summed E-state index contributed by atoms with van der Waals surface area (Å²) in [5, 5.41) is 1.17. The van der Waals surface area contributed by atoms with Gasteiger partial charge in [0.25, 0.3) is 0 Å². The molecule has 0 spiro atoms. The fourth-order valence-electron chi connectivity index (χ4n) is 2.02. The SMILES string of the molecule is CCC(=O)CCCc1cccc2cccnc12. The van der Waals surface area contributed by atoms with E-state index in [4.69, 9.17) is 0 Å². The predicted octanol–water partition coefficient (Wildman–Crippen LogP) is 3.54. The van der Waals surface area contributed by atoms with Crippen molar-refractivity contribution in [3.63, 3.8) is 0 Å². The molecule has 0 N–H and O–H groups in total. The Labute approximate surface area is 102 Å². The number of carbonyl (C=O) groups is 1. The van der Waals surface area contributed by atoms with Gasteiger partial charge in [0.15, 0.2) is 0 Å². The van der Waals surface area contributed by atoms with Crippen LogP contribution in [0.3, 0.4) is 0 Å². The molecule has 17 heavy (non-hydrogen) atoms. The van der Waals surface area contributed by atoms with Crippen LogP contribution in [0.25, 0.3) is 10.9 Å². The highest BCUT2D eigenvalue weighted by atomic mass is 16.1. The van der Waals surface area contributed by atoms with E-state index in [2.05, 4.69) is 29.2 Å². The third-order valence-corrected chi connectivity index (χ3v) is 3.01. The molecule has 2 heteroatoms. The molecule has 0 amide bonds. The average Bonchev–Trinajstić information content (AvgIpc) is 2.39. The monoisotopic (exact) mass is 227 g/mol. The fraction of sp³-hybridized carbons (Fsp3) is 0.333. The van der Waals surface area contributed by atoms with Gasteiger partial charge in [-0.15, -0.1) is 0 Å². The first-order valence-corrected chi connectivity index (χ1v) is 6.15. The number of nitrogens with zero attached hydrogens (tertiary/aromatic N) is 1. The maximum atomic E-state index is 11.2. The number of aryl methyl sites for hydroxylation is 1. The molecule has 1 aromatic heterocycles. The number of hydrogen-bond acceptors (Lipinski definition) is 2. The molecule has 0 unspecified atom stereocenters. The Morgan fingerprint density at radius 2 is 2.06 bits per heavy atom. The van der Waals surface area contributed by atoms with Crippen LogP contribution < -0.4 is 0 Å². The molecule has 2 rings (SSSR count). The third kappa shape index (κ3) is 2.90. The molecule has 2 nitrogen and oxygen atoms in total.